The first-order valence-corrected chi connectivity index (χ1v) is 6.57. The Bertz CT molecular complexity index is 507. The van der Waals surface area contributed by atoms with Gasteiger partial charge in [0.2, 0.25) is 0 Å². The van der Waals surface area contributed by atoms with E-state index in [4.69, 9.17) is 11.6 Å². The second-order valence-corrected chi connectivity index (χ2v) is 4.72. The molecule has 0 aliphatic rings. The van der Waals surface area contributed by atoms with E-state index in [1.165, 1.54) is 5.56 Å². The van der Waals surface area contributed by atoms with Crippen LogP contribution in [-0.4, -0.2) is 9.55 Å². The molecular formula is C14H18ClN3. The van der Waals surface area contributed by atoms with E-state index >= 15 is 0 Å². The molecule has 2 rings (SSSR count). The van der Waals surface area contributed by atoms with Crippen molar-refractivity contribution in [3.63, 3.8) is 0 Å². The lowest BCUT2D eigenvalue weighted by molar-refractivity contribution is 0.540. The Morgan fingerprint density at radius 2 is 2.28 bits per heavy atom. The van der Waals surface area contributed by atoms with Gasteiger partial charge in [0.25, 0.3) is 0 Å². The van der Waals surface area contributed by atoms with E-state index in [1.807, 2.05) is 30.6 Å². The van der Waals surface area contributed by atoms with Crippen LogP contribution in [-0.2, 0) is 13.1 Å². The van der Waals surface area contributed by atoms with Crippen molar-refractivity contribution in [2.75, 3.05) is 0 Å². The van der Waals surface area contributed by atoms with Gasteiger partial charge in [-0.1, -0.05) is 23.7 Å². The number of benzene rings is 1. The van der Waals surface area contributed by atoms with Crippen molar-refractivity contribution >= 4 is 11.6 Å². The fourth-order valence-electron chi connectivity index (χ4n) is 1.93. The molecule has 1 unspecified atom stereocenters. The van der Waals surface area contributed by atoms with E-state index in [0.717, 1.165) is 23.9 Å². The number of nitrogens with zero attached hydrogens (tertiary/aromatic N) is 2. The second kappa shape index (κ2) is 6.03. The first-order chi connectivity index (χ1) is 8.70. The molecule has 0 spiro atoms. The summed E-state index contributed by atoms with van der Waals surface area (Å²) in [6, 6.07) is 8.19. The Morgan fingerprint density at radius 1 is 1.44 bits per heavy atom. The number of rotatable bonds is 5. The monoisotopic (exact) mass is 263 g/mol. The molecule has 2 aromatic rings. The van der Waals surface area contributed by atoms with Gasteiger partial charge in [0.15, 0.2) is 0 Å². The third kappa shape index (κ3) is 3.12. The third-order valence-electron chi connectivity index (χ3n) is 3.06. The first kappa shape index (κ1) is 13.1. The molecule has 0 amide bonds. The molecule has 96 valence electrons. The van der Waals surface area contributed by atoms with Crippen molar-refractivity contribution in [3.05, 3.63) is 53.1 Å². The average molecular weight is 264 g/mol. The summed E-state index contributed by atoms with van der Waals surface area (Å²) in [7, 11) is 0. The fourth-order valence-corrected chi connectivity index (χ4v) is 2.13. The molecule has 0 fully saturated rings. The lowest BCUT2D eigenvalue weighted by atomic mass is 10.1. The van der Waals surface area contributed by atoms with Crippen molar-refractivity contribution in [1.29, 1.82) is 0 Å². The Morgan fingerprint density at radius 3 is 3.00 bits per heavy atom. The van der Waals surface area contributed by atoms with Crippen molar-refractivity contribution in [2.45, 2.75) is 33.0 Å². The number of hydrogen-bond donors (Lipinski definition) is 1. The first-order valence-electron chi connectivity index (χ1n) is 6.19. The number of hydrogen-bond acceptors (Lipinski definition) is 2. The molecule has 1 aromatic heterocycles. The molecule has 1 atom stereocenters. The van der Waals surface area contributed by atoms with Gasteiger partial charge in [-0.15, -0.1) is 0 Å². The van der Waals surface area contributed by atoms with Crippen LogP contribution in [0.2, 0.25) is 5.02 Å². The quantitative estimate of drug-likeness (QED) is 0.896. The van der Waals surface area contributed by atoms with Crippen LogP contribution in [0.3, 0.4) is 0 Å². The van der Waals surface area contributed by atoms with Gasteiger partial charge in [0.05, 0.1) is 6.54 Å². The van der Waals surface area contributed by atoms with Crippen LogP contribution >= 0.6 is 11.6 Å². The Kier molecular flexibility index (Phi) is 4.39. The number of imidazole rings is 1. The van der Waals surface area contributed by atoms with E-state index in [1.54, 1.807) is 0 Å². The summed E-state index contributed by atoms with van der Waals surface area (Å²) in [6.07, 6.45) is 3.84. The predicted molar refractivity (Wildman–Crippen MR) is 74.6 cm³/mol. The van der Waals surface area contributed by atoms with Crippen LogP contribution in [0, 0.1) is 0 Å². The van der Waals surface area contributed by atoms with E-state index in [9.17, 15) is 0 Å². The summed E-state index contributed by atoms with van der Waals surface area (Å²) in [4.78, 5) is 4.34. The van der Waals surface area contributed by atoms with Crippen LogP contribution in [0.15, 0.2) is 36.7 Å². The Hall–Kier alpha value is -1.32. The Balaban J connectivity index is 1.98. The molecule has 18 heavy (non-hydrogen) atoms. The summed E-state index contributed by atoms with van der Waals surface area (Å²) in [6.45, 7) is 5.95. The molecule has 0 saturated carbocycles. The summed E-state index contributed by atoms with van der Waals surface area (Å²) >= 11 is 5.99. The van der Waals surface area contributed by atoms with Gasteiger partial charge in [-0.05, 0) is 31.5 Å². The maximum absolute atomic E-state index is 5.99. The van der Waals surface area contributed by atoms with Gasteiger partial charge in [-0.2, -0.15) is 0 Å². The minimum atomic E-state index is 0.255. The van der Waals surface area contributed by atoms with Crippen LogP contribution in [0.5, 0.6) is 0 Å². The minimum Gasteiger partial charge on any atom is -0.334 e. The topological polar surface area (TPSA) is 29.9 Å². The molecule has 1 heterocycles. The molecule has 0 bridgehead atoms. The molecule has 0 aliphatic carbocycles. The summed E-state index contributed by atoms with van der Waals surface area (Å²) in [5, 5.41) is 4.24. The average Bonchev–Trinajstić information content (AvgIpc) is 2.83. The largest absolute Gasteiger partial charge is 0.334 e. The summed E-state index contributed by atoms with van der Waals surface area (Å²) < 4.78 is 2.14. The van der Waals surface area contributed by atoms with E-state index < -0.39 is 0 Å². The van der Waals surface area contributed by atoms with Crippen LogP contribution < -0.4 is 5.32 Å². The van der Waals surface area contributed by atoms with E-state index in [-0.39, 0.29) is 6.04 Å². The van der Waals surface area contributed by atoms with Gasteiger partial charge in [-0.3, -0.25) is 0 Å². The third-order valence-corrected chi connectivity index (χ3v) is 3.29. The number of aryl methyl sites for hydroxylation is 1. The molecule has 0 radical (unpaired) electrons. The SMILES string of the molecule is CCn1ccnc1CNC(C)c1cccc(Cl)c1. The van der Waals surface area contributed by atoms with Crippen molar-refractivity contribution < 1.29 is 0 Å². The number of nitrogens with one attached hydrogen (secondary N) is 1. The van der Waals surface area contributed by atoms with Gasteiger partial charge >= 0.3 is 0 Å². The molecular weight excluding hydrogens is 246 g/mol. The molecule has 1 N–H and O–H groups in total. The molecule has 3 nitrogen and oxygen atoms in total. The summed E-state index contributed by atoms with van der Waals surface area (Å²) in [5.41, 5.74) is 1.19. The Labute approximate surface area is 113 Å². The van der Waals surface area contributed by atoms with Crippen molar-refractivity contribution in [2.24, 2.45) is 0 Å². The highest BCUT2D eigenvalue weighted by molar-refractivity contribution is 6.30. The molecule has 1 aromatic carbocycles. The van der Waals surface area contributed by atoms with Crippen molar-refractivity contribution in [1.82, 2.24) is 14.9 Å². The lowest BCUT2D eigenvalue weighted by Gasteiger charge is -2.14. The van der Waals surface area contributed by atoms with Gasteiger partial charge in [0, 0.05) is 30.0 Å². The van der Waals surface area contributed by atoms with Crippen LogP contribution in [0.25, 0.3) is 0 Å². The van der Waals surface area contributed by atoms with Gasteiger partial charge in [-0.25, -0.2) is 4.98 Å². The van der Waals surface area contributed by atoms with Gasteiger partial charge < -0.3 is 9.88 Å². The minimum absolute atomic E-state index is 0.255. The maximum Gasteiger partial charge on any atom is 0.122 e. The number of aromatic nitrogens is 2. The zero-order chi connectivity index (χ0) is 13.0. The number of halogens is 1. The zero-order valence-corrected chi connectivity index (χ0v) is 11.5. The molecule has 4 heteroatoms. The highest BCUT2D eigenvalue weighted by atomic mass is 35.5. The lowest BCUT2D eigenvalue weighted by Crippen LogP contribution is -2.20. The van der Waals surface area contributed by atoms with Crippen LogP contribution in [0.4, 0.5) is 0 Å². The normalized spacial score (nSPS) is 12.6. The predicted octanol–water partition coefficient (Wildman–Crippen LogP) is 3.41. The van der Waals surface area contributed by atoms with Crippen LogP contribution in [0.1, 0.15) is 31.3 Å². The highest BCUT2D eigenvalue weighted by Crippen LogP contribution is 2.17. The summed E-state index contributed by atoms with van der Waals surface area (Å²) in [5.74, 6) is 1.06. The standard InChI is InChI=1S/C14H18ClN3/c1-3-18-8-7-16-14(18)10-17-11(2)12-5-4-6-13(15)9-12/h4-9,11,17H,3,10H2,1-2H3. The van der Waals surface area contributed by atoms with E-state index in [0.29, 0.717) is 0 Å². The van der Waals surface area contributed by atoms with Crippen molar-refractivity contribution in [3.8, 4) is 0 Å². The highest BCUT2D eigenvalue weighted by Gasteiger charge is 2.07. The molecule has 0 aliphatic heterocycles. The second-order valence-electron chi connectivity index (χ2n) is 4.29. The molecule has 0 saturated heterocycles. The fraction of sp³-hybridized carbons (Fsp3) is 0.357. The maximum atomic E-state index is 5.99. The smallest absolute Gasteiger partial charge is 0.122 e. The van der Waals surface area contributed by atoms with E-state index in [2.05, 4.69) is 34.8 Å². The zero-order valence-electron chi connectivity index (χ0n) is 10.7. The van der Waals surface area contributed by atoms with Gasteiger partial charge in [0.1, 0.15) is 5.82 Å².